The van der Waals surface area contributed by atoms with Gasteiger partial charge in [-0.3, -0.25) is 0 Å². The molecule has 0 aliphatic rings. The number of rotatable bonds is 35. The van der Waals surface area contributed by atoms with Gasteiger partial charge >= 0.3 is 0 Å². The number of hydrogen-bond acceptors (Lipinski definition) is 1. The maximum absolute atomic E-state index is 11.1. The van der Waals surface area contributed by atoms with Crippen molar-refractivity contribution in [2.75, 3.05) is 0 Å². The average Bonchev–Trinajstić information content (AvgIpc) is 2.96. The number of halogens is 1. The summed E-state index contributed by atoms with van der Waals surface area (Å²) in [6.07, 6.45) is 48.3. The summed E-state index contributed by atoms with van der Waals surface area (Å²) in [6.45, 7) is 6.79. The minimum absolute atomic E-state index is 0. The van der Waals surface area contributed by atoms with Gasteiger partial charge in [0, 0.05) is 0 Å². The highest BCUT2D eigenvalue weighted by Gasteiger charge is 2.23. The first-order valence-corrected chi connectivity index (χ1v) is 19.4. The Morgan fingerprint density at radius 1 is 0.293 bits per heavy atom. The van der Waals surface area contributed by atoms with Crippen LogP contribution in [0.1, 0.15) is 245 Å². The fraction of sp³-hybridized carbons (Fsp3) is 1.00. The summed E-state index contributed by atoms with van der Waals surface area (Å²) in [5.41, 5.74) is -0.383. The molecule has 0 radical (unpaired) electrons. The van der Waals surface area contributed by atoms with Crippen molar-refractivity contribution in [1.29, 1.82) is 0 Å². The Labute approximate surface area is 268 Å². The molecule has 0 aliphatic carbocycles. The first-order chi connectivity index (χ1) is 19.7. The summed E-state index contributed by atoms with van der Waals surface area (Å²) in [5.74, 6) is 0. The Balaban J connectivity index is 0. The summed E-state index contributed by atoms with van der Waals surface area (Å²) in [4.78, 5) is 0. The van der Waals surface area contributed by atoms with Crippen molar-refractivity contribution in [2.24, 2.45) is 0 Å². The highest BCUT2D eigenvalue weighted by atomic mass is 35.5. The van der Waals surface area contributed by atoms with Crippen LogP contribution >= 0.6 is 12.4 Å². The van der Waals surface area contributed by atoms with Crippen molar-refractivity contribution in [1.82, 2.24) is 0 Å². The van der Waals surface area contributed by atoms with Crippen molar-refractivity contribution in [2.45, 2.75) is 251 Å². The second-order valence-corrected chi connectivity index (χ2v) is 13.7. The van der Waals surface area contributed by atoms with Crippen molar-refractivity contribution in [3.05, 3.63) is 0 Å². The lowest BCUT2D eigenvalue weighted by Gasteiger charge is -2.27. The molecule has 0 bridgehead atoms. The minimum Gasteiger partial charge on any atom is -0.390 e. The fourth-order valence-electron chi connectivity index (χ4n) is 6.48. The van der Waals surface area contributed by atoms with Gasteiger partial charge in [-0.25, -0.2) is 0 Å². The smallest absolute Gasteiger partial charge is 0.0645 e. The van der Waals surface area contributed by atoms with Gasteiger partial charge in [0.2, 0.25) is 0 Å². The molecule has 0 saturated heterocycles. The molecule has 0 heterocycles. The highest BCUT2D eigenvalue weighted by molar-refractivity contribution is 5.85. The lowest BCUT2D eigenvalue weighted by Crippen LogP contribution is -2.27. The van der Waals surface area contributed by atoms with E-state index in [1.807, 2.05) is 0 Å². The normalized spacial score (nSPS) is 11.7. The molecule has 1 nitrogen and oxygen atoms in total. The van der Waals surface area contributed by atoms with Crippen molar-refractivity contribution in [3.8, 4) is 0 Å². The molecule has 41 heavy (non-hydrogen) atoms. The first kappa shape index (κ1) is 43.4. The van der Waals surface area contributed by atoms with Gasteiger partial charge in [-0.05, 0) is 19.3 Å². The van der Waals surface area contributed by atoms with Crippen LogP contribution in [0.5, 0.6) is 0 Å². The molecule has 0 aromatic carbocycles. The molecule has 250 valence electrons. The zero-order chi connectivity index (χ0) is 29.2. The van der Waals surface area contributed by atoms with Crippen LogP contribution in [0.2, 0.25) is 0 Å². The molecule has 2 heteroatoms. The van der Waals surface area contributed by atoms with E-state index in [9.17, 15) is 5.11 Å². The molecule has 0 rings (SSSR count). The van der Waals surface area contributed by atoms with Gasteiger partial charge in [0.1, 0.15) is 0 Å². The molecule has 1 N–H and O–H groups in total. The second-order valence-electron chi connectivity index (χ2n) is 13.7. The highest BCUT2D eigenvalue weighted by Crippen LogP contribution is 2.26. The first-order valence-electron chi connectivity index (χ1n) is 19.4. The molecule has 0 atom stereocenters. The quantitative estimate of drug-likeness (QED) is 0.0717. The van der Waals surface area contributed by atoms with Crippen LogP contribution in [0.3, 0.4) is 0 Å². The lowest BCUT2D eigenvalue weighted by atomic mass is 9.87. The molecule has 0 aromatic rings. The van der Waals surface area contributed by atoms with Crippen LogP contribution in [0.4, 0.5) is 0 Å². The van der Waals surface area contributed by atoms with Crippen molar-refractivity contribution < 1.29 is 5.11 Å². The Morgan fingerprint density at radius 2 is 0.463 bits per heavy atom. The average molecular weight is 602 g/mol. The SMILES string of the molecule is CCCCCCCCCCCCCCCCCCC(O)(CC)CCCCCCCCCCCCCCCCCC.Cl. The Kier molecular flexibility index (Phi) is 38.6. The van der Waals surface area contributed by atoms with E-state index in [0.717, 1.165) is 19.3 Å². The van der Waals surface area contributed by atoms with E-state index in [1.54, 1.807) is 0 Å². The third-order valence-electron chi connectivity index (χ3n) is 9.65. The van der Waals surface area contributed by atoms with E-state index in [2.05, 4.69) is 20.8 Å². The van der Waals surface area contributed by atoms with Crippen LogP contribution in [-0.4, -0.2) is 10.7 Å². The number of unbranched alkanes of at least 4 members (excludes halogenated alkanes) is 30. The van der Waals surface area contributed by atoms with Gasteiger partial charge in [0.25, 0.3) is 0 Å². The van der Waals surface area contributed by atoms with Crippen LogP contribution in [-0.2, 0) is 0 Å². The Hall–Kier alpha value is 0.250. The second kappa shape index (κ2) is 36.4. The summed E-state index contributed by atoms with van der Waals surface area (Å²) >= 11 is 0. The molecular formula is C39H81ClO. The van der Waals surface area contributed by atoms with E-state index < -0.39 is 0 Å². The van der Waals surface area contributed by atoms with Gasteiger partial charge in [0.05, 0.1) is 5.60 Å². The van der Waals surface area contributed by atoms with E-state index in [4.69, 9.17) is 0 Å². The summed E-state index contributed by atoms with van der Waals surface area (Å²) in [6, 6.07) is 0. The topological polar surface area (TPSA) is 20.2 Å². The van der Waals surface area contributed by atoms with E-state index in [1.165, 1.54) is 205 Å². The molecule has 0 spiro atoms. The predicted molar refractivity (Wildman–Crippen MR) is 191 cm³/mol. The molecular weight excluding hydrogens is 520 g/mol. The Morgan fingerprint density at radius 3 is 0.634 bits per heavy atom. The monoisotopic (exact) mass is 601 g/mol. The lowest BCUT2D eigenvalue weighted by molar-refractivity contribution is 0.0140. The maximum Gasteiger partial charge on any atom is 0.0645 e. The van der Waals surface area contributed by atoms with Crippen LogP contribution in [0, 0.1) is 0 Å². The van der Waals surface area contributed by atoms with Crippen LogP contribution < -0.4 is 0 Å². The molecule has 0 aromatic heterocycles. The molecule has 0 amide bonds. The zero-order valence-corrected chi connectivity index (χ0v) is 29.9. The Bertz CT molecular complexity index is 415. The van der Waals surface area contributed by atoms with E-state index >= 15 is 0 Å². The number of hydrogen-bond donors (Lipinski definition) is 1. The van der Waals surface area contributed by atoms with Crippen molar-refractivity contribution in [3.63, 3.8) is 0 Å². The predicted octanol–water partition coefficient (Wildman–Crippen LogP) is 14.9. The summed E-state index contributed by atoms with van der Waals surface area (Å²) in [5, 5.41) is 11.1. The van der Waals surface area contributed by atoms with Crippen molar-refractivity contribution >= 4 is 12.4 Å². The third-order valence-corrected chi connectivity index (χ3v) is 9.65. The molecule has 0 unspecified atom stereocenters. The molecule has 0 aliphatic heterocycles. The van der Waals surface area contributed by atoms with E-state index in [-0.39, 0.29) is 18.0 Å². The van der Waals surface area contributed by atoms with E-state index in [0.29, 0.717) is 0 Å². The third kappa shape index (κ3) is 34.6. The van der Waals surface area contributed by atoms with Gasteiger partial charge in [-0.2, -0.15) is 0 Å². The molecule has 0 fully saturated rings. The largest absolute Gasteiger partial charge is 0.390 e. The zero-order valence-electron chi connectivity index (χ0n) is 29.1. The molecule has 0 saturated carbocycles. The van der Waals surface area contributed by atoms with Gasteiger partial charge < -0.3 is 5.11 Å². The summed E-state index contributed by atoms with van der Waals surface area (Å²) < 4.78 is 0. The minimum atomic E-state index is -0.383. The standard InChI is InChI=1S/C39H80O.ClH/c1-4-7-9-11-13-15-17-19-21-23-25-27-29-31-33-35-37-39(40,6-3)38-36-34-32-30-28-26-24-22-20-18-16-14-12-10-8-5-2;/h40H,4-38H2,1-3H3;1H. The maximum atomic E-state index is 11.1. The van der Waals surface area contributed by atoms with Crippen LogP contribution in [0.25, 0.3) is 0 Å². The fourth-order valence-corrected chi connectivity index (χ4v) is 6.48. The summed E-state index contributed by atoms with van der Waals surface area (Å²) in [7, 11) is 0. The van der Waals surface area contributed by atoms with Crippen LogP contribution in [0.15, 0.2) is 0 Å². The van der Waals surface area contributed by atoms with Gasteiger partial charge in [-0.15, -0.1) is 12.4 Å². The van der Waals surface area contributed by atoms with Gasteiger partial charge in [-0.1, -0.05) is 226 Å². The van der Waals surface area contributed by atoms with Gasteiger partial charge in [0.15, 0.2) is 0 Å². The number of aliphatic hydroxyl groups is 1.